The van der Waals surface area contributed by atoms with E-state index < -0.39 is 0 Å². The van der Waals surface area contributed by atoms with Crippen molar-refractivity contribution in [2.45, 2.75) is 13.0 Å². The van der Waals surface area contributed by atoms with Gasteiger partial charge in [0.25, 0.3) is 5.91 Å². The third kappa shape index (κ3) is 6.01. The van der Waals surface area contributed by atoms with Crippen molar-refractivity contribution >= 4 is 53.7 Å². The van der Waals surface area contributed by atoms with E-state index in [9.17, 15) is 9.18 Å². The highest BCUT2D eigenvalue weighted by Crippen LogP contribution is 2.22. The van der Waals surface area contributed by atoms with Gasteiger partial charge in [0.1, 0.15) is 11.5 Å². The van der Waals surface area contributed by atoms with Gasteiger partial charge in [-0.1, -0.05) is 17.7 Å². The van der Waals surface area contributed by atoms with Crippen LogP contribution < -0.4 is 5.73 Å². The predicted molar refractivity (Wildman–Crippen MR) is 112 cm³/mol. The molecule has 1 aliphatic heterocycles. The molecule has 1 saturated heterocycles. The van der Waals surface area contributed by atoms with Crippen LogP contribution in [-0.2, 0) is 13.0 Å². The first kappa shape index (κ1) is 24.1. The first-order valence-electron chi connectivity index (χ1n) is 8.17. The SMILES string of the molecule is Cl.Cl.NCCc1nc(C(=O)N2CCN(Cc3c(F)cccc3Cl)CC2)cs1. The summed E-state index contributed by atoms with van der Waals surface area (Å²) in [7, 11) is 0. The van der Waals surface area contributed by atoms with Gasteiger partial charge in [0.2, 0.25) is 0 Å². The van der Waals surface area contributed by atoms with E-state index in [-0.39, 0.29) is 36.5 Å². The van der Waals surface area contributed by atoms with Gasteiger partial charge in [-0.2, -0.15) is 0 Å². The quantitative estimate of drug-likeness (QED) is 0.752. The molecule has 150 valence electrons. The summed E-state index contributed by atoms with van der Waals surface area (Å²) in [4.78, 5) is 20.8. The van der Waals surface area contributed by atoms with E-state index in [0.29, 0.717) is 62.0 Å². The van der Waals surface area contributed by atoms with Gasteiger partial charge in [0.05, 0.1) is 5.01 Å². The number of nitrogens with two attached hydrogens (primary N) is 1. The van der Waals surface area contributed by atoms with E-state index in [1.165, 1.54) is 17.4 Å². The first-order chi connectivity index (χ1) is 12.1. The van der Waals surface area contributed by atoms with Gasteiger partial charge in [0.15, 0.2) is 0 Å². The summed E-state index contributed by atoms with van der Waals surface area (Å²) in [5.74, 6) is -0.344. The number of halogens is 4. The maximum absolute atomic E-state index is 13.9. The van der Waals surface area contributed by atoms with Crippen molar-refractivity contribution in [2.75, 3.05) is 32.7 Å². The zero-order valence-electron chi connectivity index (χ0n) is 14.6. The average molecular weight is 456 g/mol. The molecular formula is C17H22Cl3FN4OS. The second kappa shape index (κ2) is 11.1. The Labute approximate surface area is 179 Å². The highest BCUT2D eigenvalue weighted by molar-refractivity contribution is 7.09. The standard InChI is InChI=1S/C17H20ClFN4OS.2ClH/c18-13-2-1-3-14(19)12(13)10-22-6-8-23(9-7-22)17(24)15-11-25-16(21-15)4-5-20;;/h1-3,11H,4-10,20H2;2*1H. The van der Waals surface area contributed by atoms with E-state index in [1.807, 2.05) is 0 Å². The minimum Gasteiger partial charge on any atom is -0.335 e. The van der Waals surface area contributed by atoms with Crippen LogP contribution in [0, 0.1) is 5.82 Å². The lowest BCUT2D eigenvalue weighted by molar-refractivity contribution is 0.0622. The Morgan fingerprint density at radius 1 is 1.26 bits per heavy atom. The minimum atomic E-state index is -0.291. The molecule has 5 nitrogen and oxygen atoms in total. The third-order valence-corrected chi connectivity index (χ3v) is 5.49. The Kier molecular flexibility index (Phi) is 9.94. The number of carbonyl (C=O) groups is 1. The highest BCUT2D eigenvalue weighted by Gasteiger charge is 2.24. The van der Waals surface area contributed by atoms with Gasteiger partial charge in [-0.3, -0.25) is 9.69 Å². The van der Waals surface area contributed by atoms with E-state index in [0.717, 1.165) is 5.01 Å². The number of benzene rings is 1. The Bertz CT molecular complexity index is 733. The van der Waals surface area contributed by atoms with Gasteiger partial charge in [-0.05, 0) is 18.7 Å². The molecule has 1 aromatic carbocycles. The lowest BCUT2D eigenvalue weighted by Crippen LogP contribution is -2.48. The molecule has 0 unspecified atom stereocenters. The average Bonchev–Trinajstić information content (AvgIpc) is 3.07. The molecule has 1 amide bonds. The predicted octanol–water partition coefficient (Wildman–Crippen LogP) is 3.24. The summed E-state index contributed by atoms with van der Waals surface area (Å²) in [6.45, 7) is 3.51. The van der Waals surface area contributed by atoms with Crippen molar-refractivity contribution in [1.82, 2.24) is 14.8 Å². The fourth-order valence-electron chi connectivity index (χ4n) is 2.83. The van der Waals surface area contributed by atoms with Crippen LogP contribution in [0.5, 0.6) is 0 Å². The molecule has 0 radical (unpaired) electrons. The van der Waals surface area contributed by atoms with E-state index in [1.54, 1.807) is 22.4 Å². The number of nitrogens with zero attached hydrogens (tertiary/aromatic N) is 3. The van der Waals surface area contributed by atoms with E-state index in [2.05, 4.69) is 9.88 Å². The Balaban J connectivity index is 0.00000182. The van der Waals surface area contributed by atoms with Crippen molar-refractivity contribution in [1.29, 1.82) is 0 Å². The zero-order valence-corrected chi connectivity index (χ0v) is 17.8. The lowest BCUT2D eigenvalue weighted by atomic mass is 10.1. The summed E-state index contributed by atoms with van der Waals surface area (Å²) in [5.41, 5.74) is 6.51. The number of carbonyl (C=O) groups excluding carboxylic acids is 1. The van der Waals surface area contributed by atoms with E-state index in [4.69, 9.17) is 17.3 Å². The highest BCUT2D eigenvalue weighted by atomic mass is 35.5. The maximum Gasteiger partial charge on any atom is 0.273 e. The van der Waals surface area contributed by atoms with Crippen LogP contribution in [0.4, 0.5) is 4.39 Å². The molecule has 2 aromatic rings. The first-order valence-corrected chi connectivity index (χ1v) is 9.43. The number of hydrogen-bond acceptors (Lipinski definition) is 5. The zero-order chi connectivity index (χ0) is 17.8. The van der Waals surface area contributed by atoms with Crippen LogP contribution in [0.1, 0.15) is 21.1 Å². The number of aromatic nitrogens is 1. The second-order valence-electron chi connectivity index (χ2n) is 5.93. The van der Waals surface area contributed by atoms with E-state index >= 15 is 0 Å². The van der Waals surface area contributed by atoms with Crippen molar-refractivity contribution in [3.63, 3.8) is 0 Å². The molecule has 0 saturated carbocycles. The lowest BCUT2D eigenvalue weighted by Gasteiger charge is -2.34. The molecule has 2 N–H and O–H groups in total. The molecule has 10 heteroatoms. The number of piperazine rings is 1. The molecule has 27 heavy (non-hydrogen) atoms. The van der Waals surface area contributed by atoms with Crippen LogP contribution in [-0.4, -0.2) is 53.4 Å². The van der Waals surface area contributed by atoms with Crippen LogP contribution in [0.3, 0.4) is 0 Å². The maximum atomic E-state index is 13.9. The molecule has 1 fully saturated rings. The monoisotopic (exact) mass is 454 g/mol. The molecule has 2 heterocycles. The Hall–Kier alpha value is -0.960. The molecule has 0 bridgehead atoms. The topological polar surface area (TPSA) is 62.5 Å². The molecular weight excluding hydrogens is 434 g/mol. The Morgan fingerprint density at radius 2 is 1.96 bits per heavy atom. The minimum absolute atomic E-state index is 0. The molecule has 0 spiro atoms. The summed E-state index contributed by atoms with van der Waals surface area (Å²) < 4.78 is 13.9. The molecule has 1 aliphatic rings. The fraction of sp³-hybridized carbons (Fsp3) is 0.412. The fourth-order valence-corrected chi connectivity index (χ4v) is 3.84. The number of rotatable bonds is 5. The molecule has 0 aliphatic carbocycles. The van der Waals surface area contributed by atoms with Crippen LogP contribution >= 0.6 is 47.8 Å². The van der Waals surface area contributed by atoms with Crippen LogP contribution in [0.2, 0.25) is 5.02 Å². The number of amides is 1. The molecule has 3 rings (SSSR count). The van der Waals surface area contributed by atoms with Crippen molar-refractivity contribution in [2.24, 2.45) is 5.73 Å². The van der Waals surface area contributed by atoms with Crippen molar-refractivity contribution in [3.8, 4) is 0 Å². The van der Waals surface area contributed by atoms with Gasteiger partial charge in [0, 0.05) is 55.1 Å². The number of hydrogen-bond donors (Lipinski definition) is 1. The van der Waals surface area contributed by atoms with Gasteiger partial charge < -0.3 is 10.6 Å². The normalized spacial score (nSPS) is 14.4. The third-order valence-electron chi connectivity index (χ3n) is 4.23. The second-order valence-corrected chi connectivity index (χ2v) is 7.28. The van der Waals surface area contributed by atoms with Crippen LogP contribution in [0.15, 0.2) is 23.6 Å². The molecule has 0 atom stereocenters. The Morgan fingerprint density at radius 3 is 2.59 bits per heavy atom. The summed E-state index contributed by atoms with van der Waals surface area (Å²) >= 11 is 7.56. The van der Waals surface area contributed by atoms with Gasteiger partial charge in [-0.25, -0.2) is 9.37 Å². The van der Waals surface area contributed by atoms with Gasteiger partial charge in [-0.15, -0.1) is 36.2 Å². The summed E-state index contributed by atoms with van der Waals surface area (Å²) in [5, 5.41) is 3.12. The van der Waals surface area contributed by atoms with Crippen LogP contribution in [0.25, 0.3) is 0 Å². The molecule has 1 aromatic heterocycles. The van der Waals surface area contributed by atoms with Crippen molar-refractivity contribution in [3.05, 3.63) is 50.7 Å². The summed E-state index contributed by atoms with van der Waals surface area (Å²) in [6.07, 6.45) is 0.690. The smallest absolute Gasteiger partial charge is 0.273 e. The largest absolute Gasteiger partial charge is 0.335 e. The summed E-state index contributed by atoms with van der Waals surface area (Å²) in [6, 6.07) is 4.72. The van der Waals surface area contributed by atoms with Crippen molar-refractivity contribution < 1.29 is 9.18 Å². The number of thiazole rings is 1. The van der Waals surface area contributed by atoms with Gasteiger partial charge >= 0.3 is 0 Å².